The molecule has 1 aromatic carbocycles. The van der Waals surface area contributed by atoms with E-state index in [4.69, 9.17) is 9.15 Å². The molecular weight excluding hydrogens is 346 g/mol. The second-order valence-corrected chi connectivity index (χ2v) is 6.46. The fourth-order valence-corrected chi connectivity index (χ4v) is 3.35. The summed E-state index contributed by atoms with van der Waals surface area (Å²) >= 11 is 1.33. The van der Waals surface area contributed by atoms with Crippen LogP contribution in [-0.4, -0.2) is 30.2 Å². The van der Waals surface area contributed by atoms with E-state index < -0.39 is 17.2 Å². The molecule has 0 unspecified atom stereocenters. The number of hydrogen-bond acceptors (Lipinski definition) is 7. The molecule has 130 valence electrons. The van der Waals surface area contributed by atoms with Gasteiger partial charge in [-0.2, -0.15) is 0 Å². The number of carbonyl (C=O) groups excluding carboxylic acids is 3. The maximum atomic E-state index is 12.1. The lowest BCUT2D eigenvalue weighted by Gasteiger charge is -2.23. The lowest BCUT2D eigenvalue weighted by molar-refractivity contribution is -0.146. The van der Waals surface area contributed by atoms with E-state index in [1.807, 2.05) is 24.3 Å². The molecule has 0 radical (unpaired) electrons. The molecule has 1 N–H and O–H groups in total. The maximum absolute atomic E-state index is 12.1. The zero-order valence-corrected chi connectivity index (χ0v) is 14.1. The number of rotatable bonds is 5. The predicted molar refractivity (Wildman–Crippen MR) is 89.2 cm³/mol. The van der Waals surface area contributed by atoms with Gasteiger partial charge in [-0.1, -0.05) is 12.1 Å². The SMILES string of the molecule is COC(=O)c1ccc(COC(=O)C[C@@H]2Sc3ccccc3NC2=O)o1. The van der Waals surface area contributed by atoms with Gasteiger partial charge in [-0.05, 0) is 24.3 Å². The molecule has 0 aliphatic carbocycles. The first kappa shape index (κ1) is 17.1. The fourth-order valence-electron chi connectivity index (χ4n) is 2.25. The monoisotopic (exact) mass is 361 g/mol. The Kier molecular flexibility index (Phi) is 5.08. The van der Waals surface area contributed by atoms with Gasteiger partial charge in [0, 0.05) is 4.90 Å². The number of benzene rings is 1. The Morgan fingerprint density at radius 2 is 2.04 bits per heavy atom. The molecule has 2 aromatic rings. The number of methoxy groups -OCH3 is 1. The van der Waals surface area contributed by atoms with Gasteiger partial charge in [0.05, 0.1) is 24.5 Å². The standard InChI is InChI=1S/C17H15NO6S/c1-22-17(21)12-7-6-10(24-12)9-23-15(19)8-14-16(20)18-11-4-2-3-5-13(11)25-14/h2-7,14H,8-9H2,1H3,(H,18,20)/t14-/m0/s1. The third-order valence-corrected chi connectivity index (χ3v) is 4.76. The highest BCUT2D eigenvalue weighted by atomic mass is 32.2. The molecule has 0 spiro atoms. The number of anilines is 1. The summed E-state index contributed by atoms with van der Waals surface area (Å²) in [6.45, 7) is -0.120. The highest BCUT2D eigenvalue weighted by Crippen LogP contribution is 2.36. The van der Waals surface area contributed by atoms with Crippen LogP contribution < -0.4 is 5.32 Å². The average molecular weight is 361 g/mol. The number of nitrogens with one attached hydrogen (secondary N) is 1. The number of fused-ring (bicyclic) bond motifs is 1. The van der Waals surface area contributed by atoms with Crippen LogP contribution in [0.3, 0.4) is 0 Å². The predicted octanol–water partition coefficient (Wildman–Crippen LogP) is 2.61. The van der Waals surface area contributed by atoms with Crippen molar-refractivity contribution in [1.82, 2.24) is 0 Å². The number of carbonyl (C=O) groups is 3. The van der Waals surface area contributed by atoms with Crippen LogP contribution in [0.1, 0.15) is 22.7 Å². The van der Waals surface area contributed by atoms with Crippen molar-refractivity contribution in [3.8, 4) is 0 Å². The molecular formula is C17H15NO6S. The highest BCUT2D eigenvalue weighted by Gasteiger charge is 2.29. The zero-order valence-electron chi connectivity index (χ0n) is 13.3. The molecule has 1 atom stereocenters. The molecule has 0 bridgehead atoms. The van der Waals surface area contributed by atoms with E-state index in [0.29, 0.717) is 5.76 Å². The van der Waals surface area contributed by atoms with Gasteiger partial charge in [0.25, 0.3) is 0 Å². The number of furan rings is 1. The van der Waals surface area contributed by atoms with E-state index in [0.717, 1.165) is 10.6 Å². The zero-order chi connectivity index (χ0) is 17.8. The maximum Gasteiger partial charge on any atom is 0.373 e. The van der Waals surface area contributed by atoms with Crippen molar-refractivity contribution in [3.05, 3.63) is 47.9 Å². The third-order valence-electron chi connectivity index (χ3n) is 3.48. The van der Waals surface area contributed by atoms with Crippen LogP contribution in [0.25, 0.3) is 0 Å². The number of amides is 1. The average Bonchev–Trinajstić information content (AvgIpc) is 3.09. The first-order chi connectivity index (χ1) is 12.1. The lowest BCUT2D eigenvalue weighted by atomic mass is 10.2. The van der Waals surface area contributed by atoms with Gasteiger partial charge < -0.3 is 19.2 Å². The molecule has 25 heavy (non-hydrogen) atoms. The van der Waals surface area contributed by atoms with Gasteiger partial charge in [0.1, 0.15) is 12.4 Å². The second kappa shape index (κ2) is 7.43. The molecule has 8 heteroatoms. The van der Waals surface area contributed by atoms with E-state index >= 15 is 0 Å². The molecule has 3 rings (SSSR count). The van der Waals surface area contributed by atoms with Crippen molar-refractivity contribution in [2.45, 2.75) is 23.2 Å². The summed E-state index contributed by atoms with van der Waals surface area (Å²) in [7, 11) is 1.25. The minimum Gasteiger partial charge on any atom is -0.463 e. The summed E-state index contributed by atoms with van der Waals surface area (Å²) in [4.78, 5) is 36.3. The Morgan fingerprint density at radius 1 is 1.24 bits per heavy atom. The Balaban J connectivity index is 1.54. The number of ether oxygens (including phenoxy) is 2. The summed E-state index contributed by atoms with van der Waals surface area (Å²) in [5.74, 6) is -1.01. The molecule has 1 aliphatic rings. The largest absolute Gasteiger partial charge is 0.463 e. The first-order valence-corrected chi connectivity index (χ1v) is 8.34. The van der Waals surface area contributed by atoms with E-state index in [2.05, 4.69) is 10.1 Å². The van der Waals surface area contributed by atoms with Crippen LogP contribution in [0.15, 0.2) is 45.7 Å². The summed E-state index contributed by atoms with van der Waals surface area (Å²) < 4.78 is 14.9. The van der Waals surface area contributed by atoms with Crippen LogP contribution in [0.4, 0.5) is 5.69 Å². The molecule has 1 aliphatic heterocycles. The summed E-state index contributed by atoms with van der Waals surface area (Å²) in [5.41, 5.74) is 0.744. The van der Waals surface area contributed by atoms with Gasteiger partial charge in [-0.25, -0.2) is 4.79 Å². The van der Waals surface area contributed by atoms with Crippen molar-refractivity contribution in [2.24, 2.45) is 0 Å². The quantitative estimate of drug-likeness (QED) is 0.818. The lowest BCUT2D eigenvalue weighted by Crippen LogP contribution is -2.31. The minimum atomic E-state index is -0.605. The molecule has 7 nitrogen and oxygen atoms in total. The van der Waals surface area contributed by atoms with E-state index in [1.54, 1.807) is 0 Å². The fraction of sp³-hybridized carbons (Fsp3) is 0.235. The third kappa shape index (κ3) is 4.03. The van der Waals surface area contributed by atoms with E-state index in [9.17, 15) is 14.4 Å². The van der Waals surface area contributed by atoms with Gasteiger partial charge in [-0.15, -0.1) is 11.8 Å². The number of esters is 2. The second-order valence-electron chi connectivity index (χ2n) is 5.21. The van der Waals surface area contributed by atoms with Gasteiger partial charge in [0.2, 0.25) is 11.7 Å². The van der Waals surface area contributed by atoms with Crippen LogP contribution >= 0.6 is 11.8 Å². The van der Waals surface area contributed by atoms with Crippen molar-refractivity contribution >= 4 is 35.3 Å². The van der Waals surface area contributed by atoms with Gasteiger partial charge in [0.15, 0.2) is 0 Å². The van der Waals surface area contributed by atoms with Crippen LogP contribution in [0.2, 0.25) is 0 Å². The van der Waals surface area contributed by atoms with Crippen molar-refractivity contribution in [1.29, 1.82) is 0 Å². The van der Waals surface area contributed by atoms with Gasteiger partial charge in [-0.3, -0.25) is 9.59 Å². The Labute approximate surface area is 147 Å². The molecule has 0 saturated carbocycles. The Morgan fingerprint density at radius 3 is 2.84 bits per heavy atom. The van der Waals surface area contributed by atoms with Crippen molar-refractivity contribution < 1.29 is 28.3 Å². The smallest absolute Gasteiger partial charge is 0.373 e. The van der Waals surface area contributed by atoms with E-state index in [-0.39, 0.29) is 24.7 Å². The Hall–Kier alpha value is -2.74. The van der Waals surface area contributed by atoms with Crippen molar-refractivity contribution in [2.75, 3.05) is 12.4 Å². The van der Waals surface area contributed by atoms with E-state index in [1.165, 1.54) is 31.0 Å². The summed E-state index contributed by atoms with van der Waals surface area (Å²) in [6, 6.07) is 10.4. The summed E-state index contributed by atoms with van der Waals surface area (Å²) in [6.07, 6.45) is -0.0601. The first-order valence-electron chi connectivity index (χ1n) is 7.46. The molecule has 1 amide bonds. The van der Waals surface area contributed by atoms with Crippen LogP contribution in [0.5, 0.6) is 0 Å². The molecule has 0 saturated heterocycles. The topological polar surface area (TPSA) is 94.8 Å². The number of thioether (sulfide) groups is 1. The Bertz CT molecular complexity index is 815. The van der Waals surface area contributed by atoms with Gasteiger partial charge >= 0.3 is 11.9 Å². The number of para-hydroxylation sites is 1. The van der Waals surface area contributed by atoms with Crippen LogP contribution in [-0.2, 0) is 25.7 Å². The van der Waals surface area contributed by atoms with Crippen LogP contribution in [0, 0.1) is 0 Å². The summed E-state index contributed by atoms with van der Waals surface area (Å²) in [5, 5.41) is 2.22. The normalized spacial score (nSPS) is 15.9. The molecule has 1 aromatic heterocycles. The molecule has 2 heterocycles. The minimum absolute atomic E-state index is 0.0346. The number of hydrogen-bond donors (Lipinski definition) is 1. The van der Waals surface area contributed by atoms with Crippen molar-refractivity contribution in [3.63, 3.8) is 0 Å². The highest BCUT2D eigenvalue weighted by molar-refractivity contribution is 8.01. The molecule has 0 fully saturated rings.